The number of nitrogens with zero attached hydrogens (tertiary/aromatic N) is 3. The van der Waals surface area contributed by atoms with Crippen LogP contribution in [0.15, 0.2) is 4.52 Å². The van der Waals surface area contributed by atoms with Crippen molar-refractivity contribution < 1.29 is 9.32 Å². The van der Waals surface area contributed by atoms with E-state index in [-0.39, 0.29) is 6.03 Å². The van der Waals surface area contributed by atoms with E-state index in [0.29, 0.717) is 19.1 Å². The Morgan fingerprint density at radius 2 is 2.00 bits per heavy atom. The third-order valence-electron chi connectivity index (χ3n) is 3.35. The second-order valence-electron chi connectivity index (χ2n) is 5.16. The molecule has 6 nitrogen and oxygen atoms in total. The van der Waals surface area contributed by atoms with Gasteiger partial charge in [-0.2, -0.15) is 0 Å². The van der Waals surface area contributed by atoms with E-state index < -0.39 is 0 Å². The Balaban J connectivity index is 2.50. The molecule has 0 radical (unpaired) electrons. The summed E-state index contributed by atoms with van der Waals surface area (Å²) in [4.78, 5) is 15.7. The minimum Gasteiger partial charge on any atom is -0.361 e. The van der Waals surface area contributed by atoms with E-state index in [0.717, 1.165) is 17.0 Å². The van der Waals surface area contributed by atoms with Crippen LogP contribution in [0.3, 0.4) is 0 Å². The summed E-state index contributed by atoms with van der Waals surface area (Å²) in [5, 5.41) is 6.80. The molecule has 1 rings (SSSR count). The molecule has 0 aliphatic carbocycles. The Hall–Kier alpha value is -1.56. The number of aryl methyl sites for hydroxylation is 2. The van der Waals surface area contributed by atoms with Gasteiger partial charge in [0.15, 0.2) is 0 Å². The number of nitrogens with one attached hydrogen (secondary N) is 1. The molecule has 1 aromatic heterocycles. The van der Waals surface area contributed by atoms with Crippen LogP contribution in [0.1, 0.15) is 23.9 Å². The van der Waals surface area contributed by atoms with Gasteiger partial charge in [0, 0.05) is 25.2 Å². The number of carbonyl (C=O) groups excluding carboxylic acids is 1. The minimum atomic E-state index is -0.0892. The third kappa shape index (κ3) is 4.24. The maximum atomic E-state index is 12.0. The molecular weight excluding hydrogens is 244 g/mol. The predicted molar refractivity (Wildman–Crippen MR) is 74.0 cm³/mol. The van der Waals surface area contributed by atoms with E-state index in [1.807, 2.05) is 27.9 Å². The number of likely N-dealkylation sites (N-methyl/N-ethyl adjacent to an activating group) is 1. The second-order valence-corrected chi connectivity index (χ2v) is 5.16. The number of carbonyl (C=O) groups is 1. The van der Waals surface area contributed by atoms with Crippen molar-refractivity contribution in [2.75, 3.05) is 27.7 Å². The van der Waals surface area contributed by atoms with Gasteiger partial charge >= 0.3 is 6.03 Å². The fourth-order valence-electron chi connectivity index (χ4n) is 1.59. The van der Waals surface area contributed by atoms with E-state index >= 15 is 0 Å². The molecular formula is C13H24N4O2. The number of hydrogen-bond acceptors (Lipinski definition) is 4. The lowest BCUT2D eigenvalue weighted by Gasteiger charge is -2.23. The normalized spacial score (nSPS) is 12.6. The van der Waals surface area contributed by atoms with Crippen molar-refractivity contribution in [1.29, 1.82) is 0 Å². The van der Waals surface area contributed by atoms with Crippen molar-refractivity contribution in [3.05, 3.63) is 17.0 Å². The molecule has 0 saturated carbocycles. The van der Waals surface area contributed by atoms with E-state index in [2.05, 4.69) is 22.3 Å². The minimum absolute atomic E-state index is 0.0892. The highest BCUT2D eigenvalue weighted by atomic mass is 16.5. The molecule has 0 spiro atoms. The van der Waals surface area contributed by atoms with Crippen molar-refractivity contribution in [2.45, 2.75) is 33.4 Å². The van der Waals surface area contributed by atoms with Gasteiger partial charge in [-0.25, -0.2) is 4.79 Å². The van der Waals surface area contributed by atoms with Crippen LogP contribution >= 0.6 is 0 Å². The number of aromatic nitrogens is 1. The zero-order chi connectivity index (χ0) is 14.6. The molecule has 19 heavy (non-hydrogen) atoms. The molecule has 0 saturated heterocycles. The highest BCUT2D eigenvalue weighted by Crippen LogP contribution is 2.14. The van der Waals surface area contributed by atoms with Crippen LogP contribution in [-0.4, -0.2) is 54.7 Å². The monoisotopic (exact) mass is 268 g/mol. The van der Waals surface area contributed by atoms with Crippen molar-refractivity contribution in [3.63, 3.8) is 0 Å². The van der Waals surface area contributed by atoms with Crippen molar-refractivity contribution in [2.24, 2.45) is 0 Å². The van der Waals surface area contributed by atoms with Crippen LogP contribution in [0.25, 0.3) is 0 Å². The maximum absolute atomic E-state index is 12.0. The van der Waals surface area contributed by atoms with Crippen molar-refractivity contribution in [3.8, 4) is 0 Å². The summed E-state index contributed by atoms with van der Waals surface area (Å²) < 4.78 is 5.09. The molecule has 0 aromatic carbocycles. The van der Waals surface area contributed by atoms with Crippen LogP contribution in [0.2, 0.25) is 0 Å². The molecule has 108 valence electrons. The zero-order valence-electron chi connectivity index (χ0n) is 12.6. The summed E-state index contributed by atoms with van der Waals surface area (Å²) in [5.74, 6) is 0.763. The number of urea groups is 1. The Morgan fingerprint density at radius 1 is 1.37 bits per heavy atom. The van der Waals surface area contributed by atoms with Gasteiger partial charge in [-0.05, 0) is 34.9 Å². The van der Waals surface area contributed by atoms with Crippen LogP contribution in [0.5, 0.6) is 0 Å². The molecule has 0 bridgehead atoms. The fourth-order valence-corrected chi connectivity index (χ4v) is 1.59. The highest BCUT2D eigenvalue weighted by molar-refractivity contribution is 5.73. The molecule has 2 amide bonds. The molecule has 6 heteroatoms. The first-order valence-corrected chi connectivity index (χ1v) is 6.40. The standard InChI is InChI=1S/C13H24N4O2/c1-9(16(4)5)7-14-13(18)17(6)8-12-10(2)15-19-11(12)3/h9H,7-8H2,1-6H3,(H,14,18)/t9-/m1/s1. The molecule has 0 fully saturated rings. The van der Waals surface area contributed by atoms with Crippen LogP contribution in [-0.2, 0) is 6.54 Å². The maximum Gasteiger partial charge on any atom is 0.317 e. The zero-order valence-corrected chi connectivity index (χ0v) is 12.6. The summed E-state index contributed by atoms with van der Waals surface area (Å²) in [7, 11) is 5.75. The van der Waals surface area contributed by atoms with E-state index in [1.165, 1.54) is 0 Å². The van der Waals surface area contributed by atoms with Gasteiger partial charge in [-0.3, -0.25) is 0 Å². The summed E-state index contributed by atoms with van der Waals surface area (Å²) in [6, 6.07) is 0.213. The smallest absolute Gasteiger partial charge is 0.317 e. The van der Waals surface area contributed by atoms with Gasteiger partial charge in [0.05, 0.1) is 12.2 Å². The van der Waals surface area contributed by atoms with Crippen LogP contribution in [0, 0.1) is 13.8 Å². The van der Waals surface area contributed by atoms with Gasteiger partial charge in [0.1, 0.15) is 5.76 Å². The molecule has 1 N–H and O–H groups in total. The lowest BCUT2D eigenvalue weighted by atomic mass is 10.2. The first-order valence-electron chi connectivity index (χ1n) is 6.40. The van der Waals surface area contributed by atoms with Gasteiger partial charge in [-0.1, -0.05) is 5.16 Å². The Kier molecular flexibility index (Phi) is 5.35. The quantitative estimate of drug-likeness (QED) is 0.876. The number of hydrogen-bond donors (Lipinski definition) is 1. The van der Waals surface area contributed by atoms with Crippen LogP contribution < -0.4 is 5.32 Å². The number of rotatable bonds is 5. The summed E-state index contributed by atoms with van der Waals surface area (Å²) in [6.07, 6.45) is 0. The SMILES string of the molecule is Cc1noc(C)c1CN(C)C(=O)NC[C@@H](C)N(C)C. The van der Waals surface area contributed by atoms with E-state index in [1.54, 1.807) is 11.9 Å². The first-order chi connectivity index (χ1) is 8.82. The largest absolute Gasteiger partial charge is 0.361 e. The lowest BCUT2D eigenvalue weighted by molar-refractivity contribution is 0.201. The van der Waals surface area contributed by atoms with Crippen LogP contribution in [0.4, 0.5) is 4.79 Å². The van der Waals surface area contributed by atoms with E-state index in [4.69, 9.17) is 4.52 Å². The van der Waals surface area contributed by atoms with Crippen molar-refractivity contribution >= 4 is 6.03 Å². The second kappa shape index (κ2) is 6.56. The third-order valence-corrected chi connectivity index (χ3v) is 3.35. The van der Waals surface area contributed by atoms with Gasteiger partial charge in [0.25, 0.3) is 0 Å². The molecule has 0 aliphatic rings. The summed E-state index contributed by atoms with van der Waals surface area (Å²) in [6.45, 7) is 6.93. The van der Waals surface area contributed by atoms with Gasteiger partial charge < -0.3 is 19.6 Å². The average molecular weight is 268 g/mol. The Bertz CT molecular complexity index is 409. The summed E-state index contributed by atoms with van der Waals surface area (Å²) >= 11 is 0. The Morgan fingerprint density at radius 3 is 2.47 bits per heavy atom. The lowest BCUT2D eigenvalue weighted by Crippen LogP contribution is -2.43. The topological polar surface area (TPSA) is 61.6 Å². The molecule has 1 heterocycles. The van der Waals surface area contributed by atoms with E-state index in [9.17, 15) is 4.79 Å². The molecule has 0 unspecified atom stereocenters. The Labute approximate surface area is 114 Å². The highest BCUT2D eigenvalue weighted by Gasteiger charge is 2.16. The average Bonchev–Trinajstić information content (AvgIpc) is 2.66. The molecule has 1 atom stereocenters. The first kappa shape index (κ1) is 15.5. The summed E-state index contributed by atoms with van der Waals surface area (Å²) in [5.41, 5.74) is 1.80. The van der Waals surface area contributed by atoms with Gasteiger partial charge in [0.2, 0.25) is 0 Å². The molecule has 1 aromatic rings. The van der Waals surface area contributed by atoms with Crippen molar-refractivity contribution in [1.82, 2.24) is 20.3 Å². The number of amides is 2. The van der Waals surface area contributed by atoms with Gasteiger partial charge in [-0.15, -0.1) is 0 Å². The predicted octanol–water partition coefficient (Wildman–Crippen LogP) is 1.38. The fraction of sp³-hybridized carbons (Fsp3) is 0.692. The molecule has 0 aliphatic heterocycles.